The number of aryl methyl sites for hydroxylation is 3. The number of benzene rings is 3. The van der Waals surface area contributed by atoms with E-state index < -0.39 is 120 Å². The molecule has 0 bridgehead atoms. The first-order valence-corrected chi connectivity index (χ1v) is 17.2. The highest BCUT2D eigenvalue weighted by Gasteiger charge is 2.47. The molecule has 3 heterocycles. The highest BCUT2D eigenvalue weighted by atomic mass is 16.6. The minimum Gasteiger partial charge on any atom is -0.507 e. The van der Waals surface area contributed by atoms with Crippen LogP contribution in [0.2, 0.25) is 0 Å². The maximum absolute atomic E-state index is 14.1. The van der Waals surface area contributed by atoms with Crippen molar-refractivity contribution < 1.29 is 80.0 Å². The number of hydrogen-bond donors (Lipinski definition) is 12. The van der Waals surface area contributed by atoms with E-state index in [0.717, 1.165) is 12.1 Å². The predicted octanol–water partition coefficient (Wildman–Crippen LogP) is -0.337. The monoisotopic (exact) mass is 770 g/mol. The van der Waals surface area contributed by atoms with Crippen LogP contribution >= 0.6 is 0 Å². The van der Waals surface area contributed by atoms with Gasteiger partial charge in [0.2, 0.25) is 0 Å². The van der Waals surface area contributed by atoms with E-state index >= 15 is 0 Å². The first-order chi connectivity index (χ1) is 25.9. The van der Waals surface area contributed by atoms with Gasteiger partial charge in [-0.3, -0.25) is 9.59 Å². The molecule has 0 amide bonds. The molecule has 0 aliphatic carbocycles. The highest BCUT2D eigenvalue weighted by molar-refractivity contribution is 6.03. The van der Waals surface area contributed by atoms with Crippen molar-refractivity contribution in [3.8, 4) is 34.3 Å². The van der Waals surface area contributed by atoms with Crippen LogP contribution in [0, 0.1) is 20.8 Å². The summed E-state index contributed by atoms with van der Waals surface area (Å²) < 4.78 is 17.4. The lowest BCUT2D eigenvalue weighted by atomic mass is 9.86. The fraction of sp³-hybridized carbons (Fsp3) is 0.421. The van der Waals surface area contributed by atoms with E-state index in [4.69, 9.17) is 13.9 Å². The van der Waals surface area contributed by atoms with Gasteiger partial charge in [0.05, 0.1) is 40.9 Å². The van der Waals surface area contributed by atoms with Crippen molar-refractivity contribution in [3.63, 3.8) is 0 Å². The van der Waals surface area contributed by atoms with Gasteiger partial charge in [-0.15, -0.1) is 0 Å². The molecule has 0 spiro atoms. The smallest absolute Gasteiger partial charge is 0.193 e. The molecule has 0 saturated carbocycles. The van der Waals surface area contributed by atoms with E-state index in [1.54, 1.807) is 6.92 Å². The van der Waals surface area contributed by atoms with Crippen molar-refractivity contribution in [3.05, 3.63) is 79.5 Å². The number of carbonyl (C=O) groups excluding carboxylic acids is 1. The third-order valence-electron chi connectivity index (χ3n) is 10.3. The van der Waals surface area contributed by atoms with Gasteiger partial charge >= 0.3 is 0 Å². The Labute approximate surface area is 311 Å². The molecule has 0 radical (unpaired) electrons. The lowest BCUT2D eigenvalue weighted by molar-refractivity contribution is -0.232. The summed E-state index contributed by atoms with van der Waals surface area (Å²) in [5, 5.41) is 127. The maximum Gasteiger partial charge on any atom is 0.193 e. The molecule has 1 aromatic heterocycles. The molecule has 12 N–H and O–H groups in total. The summed E-state index contributed by atoms with van der Waals surface area (Å²) in [5.74, 6) is -3.57. The first kappa shape index (κ1) is 40.0. The van der Waals surface area contributed by atoms with E-state index in [-0.39, 0.29) is 50.1 Å². The minimum atomic E-state index is -1.91. The van der Waals surface area contributed by atoms with Crippen molar-refractivity contribution in [2.45, 2.75) is 88.2 Å². The molecule has 2 saturated heterocycles. The van der Waals surface area contributed by atoms with Crippen LogP contribution in [0.5, 0.6) is 23.0 Å². The predicted molar refractivity (Wildman–Crippen MR) is 189 cm³/mol. The van der Waals surface area contributed by atoms with E-state index in [9.17, 15) is 70.9 Å². The topological polar surface area (TPSA) is 308 Å². The van der Waals surface area contributed by atoms with Gasteiger partial charge in [0.1, 0.15) is 95.4 Å². The van der Waals surface area contributed by atoms with Gasteiger partial charge in [-0.05, 0) is 61.2 Å². The number of aliphatic hydroxyl groups is 8. The molecule has 4 aromatic rings. The summed E-state index contributed by atoms with van der Waals surface area (Å²) in [6.45, 7) is 2.92. The number of Topliss-reactive ketones (excluding diaryl/α,β-unsaturated/α-hetero) is 1. The first-order valence-electron chi connectivity index (χ1n) is 17.2. The Morgan fingerprint density at radius 3 is 1.75 bits per heavy atom. The number of aliphatic hydroxyl groups excluding tert-OH is 8. The van der Waals surface area contributed by atoms with Crippen LogP contribution in [0.4, 0.5) is 0 Å². The van der Waals surface area contributed by atoms with E-state index in [2.05, 4.69) is 0 Å². The Hall–Kier alpha value is -4.66. The molecule has 6 rings (SSSR count). The Kier molecular flexibility index (Phi) is 11.0. The second kappa shape index (κ2) is 15.1. The Morgan fingerprint density at radius 2 is 1.18 bits per heavy atom. The Bertz CT molecular complexity index is 2190. The number of rotatable bonds is 8. The Morgan fingerprint density at radius 1 is 0.655 bits per heavy atom. The number of fused-ring (bicyclic) bond motifs is 1. The number of carbonyl (C=O) groups is 1. The molecule has 296 valence electrons. The quantitative estimate of drug-likeness (QED) is 0.102. The highest BCUT2D eigenvalue weighted by Crippen LogP contribution is 2.46. The molecular formula is C38H42O17. The SMILES string of the molecule is Cc1cc(O)c(-c2cc(=O)c3c(C)cc(O)c(C4OC(CO)C(O)C(O)C4O)c3o2)c(CC(=O)c2c(C)cc(O)c(C3OC(CO)C(O)C(O)C3O)c2O)c1. The zero-order chi connectivity index (χ0) is 40.4. The fourth-order valence-corrected chi connectivity index (χ4v) is 7.56. The van der Waals surface area contributed by atoms with E-state index in [1.807, 2.05) is 0 Å². The third kappa shape index (κ3) is 6.82. The number of phenols is 4. The summed E-state index contributed by atoms with van der Waals surface area (Å²) in [6, 6.07) is 6.15. The molecular weight excluding hydrogens is 728 g/mol. The molecule has 10 atom stereocenters. The number of aromatic hydroxyl groups is 4. The largest absolute Gasteiger partial charge is 0.507 e. The molecule has 2 aliphatic heterocycles. The molecule has 55 heavy (non-hydrogen) atoms. The van der Waals surface area contributed by atoms with Crippen LogP contribution in [0.15, 0.2) is 39.5 Å². The third-order valence-corrected chi connectivity index (χ3v) is 10.3. The summed E-state index contributed by atoms with van der Waals surface area (Å²) in [6.07, 6.45) is -17.7. The van der Waals surface area contributed by atoms with Gasteiger partial charge in [-0.2, -0.15) is 0 Å². The molecule has 2 aliphatic rings. The van der Waals surface area contributed by atoms with Crippen LogP contribution in [0.3, 0.4) is 0 Å². The lowest BCUT2D eigenvalue weighted by Crippen LogP contribution is -2.55. The molecule has 17 nitrogen and oxygen atoms in total. The standard InChI is InChI=1S/C38H42O17/c1-12-4-15(8-19(44)24-13(2)6-17(42)27(31(24)48)37-34(51)32(49)29(46)22(10-39)54-37)26(16(41)5-12)21-9-20(45)25-14(3)7-18(43)28(36(25)53-21)38-35(52)33(50)30(47)23(11-40)55-38/h4-7,9,22-23,29-30,32-35,37-43,46-52H,8,10-11H2,1-3H3. The zero-order valence-electron chi connectivity index (χ0n) is 29.7. The van der Waals surface area contributed by atoms with Crippen LogP contribution in [0.1, 0.15) is 55.9 Å². The van der Waals surface area contributed by atoms with Crippen molar-refractivity contribution in [2.75, 3.05) is 13.2 Å². The lowest BCUT2D eigenvalue weighted by Gasteiger charge is -2.40. The molecule has 2 fully saturated rings. The fourth-order valence-electron chi connectivity index (χ4n) is 7.56. The number of hydrogen-bond acceptors (Lipinski definition) is 17. The molecule has 17 heteroatoms. The second-order valence-electron chi connectivity index (χ2n) is 14.1. The van der Waals surface area contributed by atoms with Crippen LogP contribution in [-0.4, -0.2) is 129 Å². The second-order valence-corrected chi connectivity index (χ2v) is 14.1. The average molecular weight is 771 g/mol. The maximum atomic E-state index is 14.1. The Balaban J connectivity index is 1.48. The van der Waals surface area contributed by atoms with Crippen molar-refractivity contribution in [2.24, 2.45) is 0 Å². The van der Waals surface area contributed by atoms with Gasteiger partial charge in [-0.25, -0.2) is 0 Å². The van der Waals surface area contributed by atoms with Gasteiger partial charge in [0, 0.05) is 12.5 Å². The van der Waals surface area contributed by atoms with Crippen LogP contribution < -0.4 is 5.43 Å². The van der Waals surface area contributed by atoms with Crippen LogP contribution in [-0.2, 0) is 15.9 Å². The van der Waals surface area contributed by atoms with Crippen LogP contribution in [0.25, 0.3) is 22.3 Å². The summed E-state index contributed by atoms with van der Waals surface area (Å²) >= 11 is 0. The minimum absolute atomic E-state index is 0.0672. The van der Waals surface area contributed by atoms with E-state index in [0.29, 0.717) is 5.56 Å². The van der Waals surface area contributed by atoms with Gasteiger partial charge in [0.15, 0.2) is 11.2 Å². The normalized spacial score (nSPS) is 28.4. The number of ketones is 1. The van der Waals surface area contributed by atoms with Gasteiger partial charge < -0.3 is 75.2 Å². The summed E-state index contributed by atoms with van der Waals surface area (Å²) in [7, 11) is 0. The van der Waals surface area contributed by atoms with Crippen molar-refractivity contribution in [1.29, 1.82) is 0 Å². The zero-order valence-corrected chi connectivity index (χ0v) is 29.7. The summed E-state index contributed by atoms with van der Waals surface area (Å²) in [5.41, 5.74) is -1.54. The van der Waals surface area contributed by atoms with E-state index in [1.165, 1.54) is 32.0 Å². The van der Waals surface area contributed by atoms with Crippen molar-refractivity contribution >= 4 is 16.8 Å². The van der Waals surface area contributed by atoms with Gasteiger partial charge in [0.25, 0.3) is 0 Å². The molecule has 10 unspecified atom stereocenters. The summed E-state index contributed by atoms with van der Waals surface area (Å²) in [4.78, 5) is 27.9. The number of ether oxygens (including phenoxy) is 2. The number of phenolic OH excluding ortho intramolecular Hbond substituents is 4. The average Bonchev–Trinajstić information content (AvgIpc) is 3.10. The van der Waals surface area contributed by atoms with Gasteiger partial charge in [-0.1, -0.05) is 6.07 Å². The van der Waals surface area contributed by atoms with Crippen molar-refractivity contribution in [1.82, 2.24) is 0 Å². The molecule has 3 aromatic carbocycles.